The summed E-state index contributed by atoms with van der Waals surface area (Å²) in [6.45, 7) is 5.72. The molecule has 1 aliphatic heterocycles. The van der Waals surface area contributed by atoms with E-state index in [1.165, 1.54) is 11.3 Å². The van der Waals surface area contributed by atoms with Crippen LogP contribution in [-0.2, 0) is 10.0 Å². The van der Waals surface area contributed by atoms with Crippen molar-refractivity contribution in [3.05, 3.63) is 13.6 Å². The summed E-state index contributed by atoms with van der Waals surface area (Å²) >= 11 is 8.02. The fraction of sp³-hybridized carbons (Fsp3) is 0.600. The maximum atomic E-state index is 12.7. The van der Waals surface area contributed by atoms with E-state index in [0.717, 1.165) is 3.79 Å². The van der Waals surface area contributed by atoms with Crippen molar-refractivity contribution in [2.24, 2.45) is 0 Å². The minimum Gasteiger partial charge on any atom is -0.314 e. The first kappa shape index (κ1) is 14.9. The fourth-order valence-electron chi connectivity index (χ4n) is 2.03. The van der Waals surface area contributed by atoms with Gasteiger partial charge in [0.25, 0.3) is 0 Å². The summed E-state index contributed by atoms with van der Waals surface area (Å²) in [6, 6.07) is 1.65. The molecule has 2 rings (SSSR count). The molecule has 0 aliphatic carbocycles. The van der Waals surface area contributed by atoms with E-state index < -0.39 is 15.6 Å². The lowest BCUT2D eigenvalue weighted by molar-refractivity contribution is 0.186. The predicted molar refractivity (Wildman–Crippen MR) is 80.6 cm³/mol. The molecule has 1 aromatic rings. The van der Waals surface area contributed by atoms with Gasteiger partial charge < -0.3 is 5.32 Å². The van der Waals surface area contributed by atoms with Gasteiger partial charge in [-0.05, 0) is 51.8 Å². The number of rotatable bonds is 2. The average molecular weight is 418 g/mol. The molecule has 2 heterocycles. The van der Waals surface area contributed by atoms with E-state index in [9.17, 15) is 8.42 Å². The zero-order valence-electron chi connectivity index (χ0n) is 10.0. The van der Waals surface area contributed by atoms with Gasteiger partial charge in [0.05, 0.1) is 7.57 Å². The van der Waals surface area contributed by atoms with E-state index in [2.05, 4.69) is 37.2 Å². The minimum absolute atomic E-state index is 0.342. The molecule has 8 heteroatoms. The number of hydrogen-bond donors (Lipinski definition) is 1. The average Bonchev–Trinajstić information content (AvgIpc) is 2.57. The third-order valence-electron chi connectivity index (χ3n) is 2.92. The summed E-state index contributed by atoms with van der Waals surface area (Å²) in [7, 11) is -3.45. The zero-order chi connectivity index (χ0) is 13.6. The van der Waals surface area contributed by atoms with Crippen LogP contribution in [0.25, 0.3) is 0 Å². The normalized spacial score (nSPS) is 21.1. The third kappa shape index (κ3) is 2.69. The van der Waals surface area contributed by atoms with Gasteiger partial charge in [0.1, 0.15) is 4.90 Å². The third-order valence-corrected chi connectivity index (χ3v) is 7.78. The van der Waals surface area contributed by atoms with E-state index >= 15 is 0 Å². The number of halogens is 2. The van der Waals surface area contributed by atoms with Crippen molar-refractivity contribution in [3.8, 4) is 0 Å². The van der Waals surface area contributed by atoms with Crippen LogP contribution < -0.4 is 5.32 Å². The van der Waals surface area contributed by atoms with Gasteiger partial charge in [0, 0.05) is 25.2 Å². The second-order valence-corrected chi connectivity index (χ2v) is 10.3. The molecule has 18 heavy (non-hydrogen) atoms. The summed E-state index contributed by atoms with van der Waals surface area (Å²) < 4.78 is 28.4. The SMILES string of the molecule is CC1(C)CNCCN1S(=O)(=O)c1cc(Br)sc1Br. The number of sulfonamides is 1. The summed E-state index contributed by atoms with van der Waals surface area (Å²) in [6.07, 6.45) is 0. The molecule has 0 aromatic carbocycles. The molecule has 0 spiro atoms. The molecular formula is C10H14Br2N2O2S2. The highest BCUT2D eigenvalue weighted by atomic mass is 79.9. The molecule has 1 aromatic heterocycles. The minimum atomic E-state index is -3.45. The summed E-state index contributed by atoms with van der Waals surface area (Å²) in [4.78, 5) is 0.342. The van der Waals surface area contributed by atoms with Crippen LogP contribution in [0.2, 0.25) is 0 Å². The number of thiophene rings is 1. The lowest BCUT2D eigenvalue weighted by Crippen LogP contribution is -2.59. The molecular weight excluding hydrogens is 404 g/mol. The van der Waals surface area contributed by atoms with E-state index in [1.54, 1.807) is 10.4 Å². The highest BCUT2D eigenvalue weighted by Crippen LogP contribution is 2.38. The van der Waals surface area contributed by atoms with E-state index in [-0.39, 0.29) is 0 Å². The Morgan fingerprint density at radius 2 is 2.11 bits per heavy atom. The molecule has 1 aliphatic rings. The van der Waals surface area contributed by atoms with Crippen LogP contribution in [0.4, 0.5) is 0 Å². The highest BCUT2D eigenvalue weighted by Gasteiger charge is 2.40. The van der Waals surface area contributed by atoms with E-state index in [0.29, 0.717) is 28.3 Å². The van der Waals surface area contributed by atoms with E-state index in [1.807, 2.05) is 13.8 Å². The maximum Gasteiger partial charge on any atom is 0.245 e. The van der Waals surface area contributed by atoms with Gasteiger partial charge >= 0.3 is 0 Å². The largest absolute Gasteiger partial charge is 0.314 e. The molecule has 1 saturated heterocycles. The summed E-state index contributed by atoms with van der Waals surface area (Å²) in [5.41, 5.74) is -0.412. The lowest BCUT2D eigenvalue weighted by Gasteiger charge is -2.41. The van der Waals surface area contributed by atoms with Gasteiger partial charge in [-0.3, -0.25) is 0 Å². The molecule has 0 radical (unpaired) electrons. The van der Waals surface area contributed by atoms with Gasteiger partial charge in [-0.1, -0.05) is 0 Å². The summed E-state index contributed by atoms with van der Waals surface area (Å²) in [5, 5.41) is 3.22. The number of piperazine rings is 1. The van der Waals surface area contributed by atoms with Crippen LogP contribution >= 0.6 is 43.2 Å². The van der Waals surface area contributed by atoms with Crippen LogP contribution in [0.3, 0.4) is 0 Å². The second-order valence-electron chi connectivity index (χ2n) is 4.75. The highest BCUT2D eigenvalue weighted by molar-refractivity contribution is 9.12. The van der Waals surface area contributed by atoms with Crippen molar-refractivity contribution in [3.63, 3.8) is 0 Å². The molecule has 1 N–H and O–H groups in total. The van der Waals surface area contributed by atoms with Crippen LogP contribution in [-0.4, -0.2) is 37.9 Å². The standard InChI is InChI=1S/C10H14Br2N2O2S2/c1-10(2)6-13-3-4-14(10)18(15,16)7-5-8(11)17-9(7)12/h5,13H,3-4,6H2,1-2H3. The first-order valence-corrected chi connectivity index (χ1v) is 9.28. The van der Waals surface area contributed by atoms with Crippen molar-refractivity contribution in [2.45, 2.75) is 24.3 Å². The van der Waals surface area contributed by atoms with Crippen LogP contribution in [0, 0.1) is 0 Å². The topological polar surface area (TPSA) is 49.4 Å². The Morgan fingerprint density at radius 3 is 2.61 bits per heavy atom. The first-order valence-electron chi connectivity index (χ1n) is 5.43. The van der Waals surface area contributed by atoms with Crippen molar-refractivity contribution in [1.29, 1.82) is 0 Å². The molecule has 1 fully saturated rings. The Kier molecular flexibility index (Phi) is 4.26. The zero-order valence-corrected chi connectivity index (χ0v) is 14.8. The van der Waals surface area contributed by atoms with Crippen LogP contribution in [0.1, 0.15) is 13.8 Å². The van der Waals surface area contributed by atoms with Crippen molar-refractivity contribution >= 4 is 53.2 Å². The Balaban J connectivity index is 2.45. The van der Waals surface area contributed by atoms with Gasteiger partial charge in [-0.25, -0.2) is 8.42 Å². The number of hydrogen-bond acceptors (Lipinski definition) is 4. The lowest BCUT2D eigenvalue weighted by atomic mass is 10.0. The molecule has 0 atom stereocenters. The molecule has 0 saturated carbocycles. The Labute approximate surface area is 128 Å². The second kappa shape index (κ2) is 5.14. The Hall–Kier alpha value is 0.530. The fourth-order valence-corrected chi connectivity index (χ4v) is 7.58. The van der Waals surface area contributed by atoms with Gasteiger partial charge in [0.2, 0.25) is 10.0 Å². The van der Waals surface area contributed by atoms with Crippen molar-refractivity contribution < 1.29 is 8.42 Å². The predicted octanol–water partition coefficient (Wildman–Crippen LogP) is 2.65. The molecule has 4 nitrogen and oxygen atoms in total. The molecule has 0 unspecified atom stereocenters. The quantitative estimate of drug-likeness (QED) is 0.804. The van der Waals surface area contributed by atoms with Crippen molar-refractivity contribution in [2.75, 3.05) is 19.6 Å². The van der Waals surface area contributed by atoms with E-state index in [4.69, 9.17) is 0 Å². The number of nitrogens with one attached hydrogen (secondary N) is 1. The molecule has 0 bridgehead atoms. The van der Waals surface area contributed by atoms with Crippen molar-refractivity contribution in [1.82, 2.24) is 9.62 Å². The van der Waals surface area contributed by atoms with Gasteiger partial charge in [-0.2, -0.15) is 4.31 Å². The summed E-state index contributed by atoms with van der Waals surface area (Å²) in [5.74, 6) is 0. The Bertz CT molecular complexity index is 554. The number of nitrogens with zero attached hydrogens (tertiary/aromatic N) is 1. The molecule has 102 valence electrons. The molecule has 0 amide bonds. The Morgan fingerprint density at radius 1 is 1.44 bits per heavy atom. The van der Waals surface area contributed by atoms with Crippen LogP contribution in [0.15, 0.2) is 18.5 Å². The smallest absolute Gasteiger partial charge is 0.245 e. The maximum absolute atomic E-state index is 12.7. The van der Waals surface area contributed by atoms with Crippen LogP contribution in [0.5, 0.6) is 0 Å². The van der Waals surface area contributed by atoms with Gasteiger partial charge in [0.15, 0.2) is 0 Å². The van der Waals surface area contributed by atoms with Gasteiger partial charge in [-0.15, -0.1) is 11.3 Å². The monoisotopic (exact) mass is 416 g/mol. The first-order chi connectivity index (χ1) is 8.25.